The van der Waals surface area contributed by atoms with Gasteiger partial charge in [0, 0.05) is 33.0 Å². The summed E-state index contributed by atoms with van der Waals surface area (Å²) in [6.45, 7) is 2.82. The highest BCUT2D eigenvalue weighted by atomic mass is 32.2. The predicted molar refractivity (Wildman–Crippen MR) is 105 cm³/mol. The smallest absolute Gasteiger partial charge is 0.257 e. The molecule has 0 aliphatic carbocycles. The van der Waals surface area contributed by atoms with Gasteiger partial charge in [-0.1, -0.05) is 29.8 Å². The Morgan fingerprint density at radius 1 is 1.26 bits per heavy atom. The second kappa shape index (κ2) is 8.22. The lowest BCUT2D eigenvalue weighted by atomic mass is 10.1. The van der Waals surface area contributed by atoms with E-state index in [0.29, 0.717) is 24.8 Å². The van der Waals surface area contributed by atoms with E-state index in [0.717, 1.165) is 24.0 Å². The lowest BCUT2D eigenvalue weighted by molar-refractivity contribution is 0.124. The first-order valence-corrected chi connectivity index (χ1v) is 10.6. The van der Waals surface area contributed by atoms with Gasteiger partial charge >= 0.3 is 0 Å². The van der Waals surface area contributed by atoms with Crippen LogP contribution < -0.4 is 9.64 Å². The molecule has 1 aliphatic heterocycles. The number of hydrogen-bond donors (Lipinski definition) is 0. The van der Waals surface area contributed by atoms with Gasteiger partial charge in [-0.25, -0.2) is 18.4 Å². The van der Waals surface area contributed by atoms with Crippen LogP contribution in [-0.2, 0) is 15.8 Å². The van der Waals surface area contributed by atoms with Gasteiger partial charge in [0.15, 0.2) is 5.82 Å². The number of sulfonamides is 1. The summed E-state index contributed by atoms with van der Waals surface area (Å²) in [6, 6.07) is 7.62. The van der Waals surface area contributed by atoms with Crippen LogP contribution in [0.5, 0.6) is 5.88 Å². The molecule has 1 aromatic carbocycles. The van der Waals surface area contributed by atoms with E-state index in [-0.39, 0.29) is 11.9 Å². The Hall–Kier alpha value is -2.19. The molecule has 0 saturated carbocycles. The summed E-state index contributed by atoms with van der Waals surface area (Å²) in [5.74, 6) is 1.08. The third-order valence-electron chi connectivity index (χ3n) is 4.51. The average molecular weight is 391 g/mol. The summed E-state index contributed by atoms with van der Waals surface area (Å²) < 4.78 is 33.3. The van der Waals surface area contributed by atoms with E-state index in [4.69, 9.17) is 4.74 Å². The van der Waals surface area contributed by atoms with E-state index in [2.05, 4.69) is 9.97 Å². The Labute approximate surface area is 161 Å². The molecule has 1 fully saturated rings. The van der Waals surface area contributed by atoms with Gasteiger partial charge in [-0.15, -0.1) is 0 Å². The zero-order chi connectivity index (χ0) is 19.4. The third kappa shape index (κ3) is 4.95. The van der Waals surface area contributed by atoms with Crippen molar-refractivity contribution in [1.29, 1.82) is 0 Å². The molecule has 0 radical (unpaired) electrons. The quantitative estimate of drug-likeness (QED) is 0.753. The van der Waals surface area contributed by atoms with Crippen molar-refractivity contribution in [3.05, 3.63) is 47.8 Å². The molecule has 0 bridgehead atoms. The first kappa shape index (κ1) is 19.6. The van der Waals surface area contributed by atoms with Crippen LogP contribution >= 0.6 is 0 Å². The minimum absolute atomic E-state index is 0.00941. The van der Waals surface area contributed by atoms with Gasteiger partial charge < -0.3 is 9.64 Å². The molecule has 1 atom stereocenters. The van der Waals surface area contributed by atoms with E-state index < -0.39 is 10.0 Å². The van der Waals surface area contributed by atoms with Crippen molar-refractivity contribution in [1.82, 2.24) is 14.3 Å². The van der Waals surface area contributed by atoms with Crippen molar-refractivity contribution in [3.63, 3.8) is 0 Å². The minimum Gasteiger partial charge on any atom is -0.470 e. The first-order valence-electron chi connectivity index (χ1n) is 9.03. The summed E-state index contributed by atoms with van der Waals surface area (Å²) in [5.41, 5.74) is 1.86. The molecule has 2 heterocycles. The fraction of sp³-hybridized carbons (Fsp3) is 0.474. The molecule has 7 nitrogen and oxygen atoms in total. The Morgan fingerprint density at radius 2 is 2.04 bits per heavy atom. The number of rotatable bonds is 6. The fourth-order valence-corrected chi connectivity index (χ4v) is 4.81. The molecular weight excluding hydrogens is 364 g/mol. The first-order chi connectivity index (χ1) is 12.8. The van der Waals surface area contributed by atoms with Gasteiger partial charge in [-0.05, 0) is 25.3 Å². The van der Waals surface area contributed by atoms with Crippen LogP contribution in [0.1, 0.15) is 24.0 Å². The van der Waals surface area contributed by atoms with Crippen LogP contribution in [-0.4, -0.2) is 56.0 Å². The Balaban J connectivity index is 1.70. The number of nitrogens with zero attached hydrogens (tertiary/aromatic N) is 4. The fourth-order valence-electron chi connectivity index (χ4n) is 3.22. The van der Waals surface area contributed by atoms with Crippen molar-refractivity contribution in [2.45, 2.75) is 31.6 Å². The summed E-state index contributed by atoms with van der Waals surface area (Å²) in [6.07, 6.45) is 4.51. The zero-order valence-corrected chi connectivity index (χ0v) is 16.8. The molecule has 0 amide bonds. The number of ether oxygens (including phenoxy) is 1. The second-order valence-electron chi connectivity index (χ2n) is 7.06. The molecule has 1 saturated heterocycles. The van der Waals surface area contributed by atoms with Gasteiger partial charge in [-0.2, -0.15) is 4.31 Å². The summed E-state index contributed by atoms with van der Waals surface area (Å²) in [4.78, 5) is 10.4. The van der Waals surface area contributed by atoms with E-state index in [9.17, 15) is 8.42 Å². The maximum atomic E-state index is 12.9. The molecular formula is C19H26N4O3S. The van der Waals surface area contributed by atoms with Gasteiger partial charge in [-0.3, -0.25) is 0 Å². The zero-order valence-electron chi connectivity index (χ0n) is 16.0. The lowest BCUT2D eigenvalue weighted by Crippen LogP contribution is -2.44. The normalized spacial score (nSPS) is 18.3. The molecule has 1 unspecified atom stereocenters. The van der Waals surface area contributed by atoms with Crippen LogP contribution in [0.2, 0.25) is 0 Å². The van der Waals surface area contributed by atoms with Crippen LogP contribution in [0.15, 0.2) is 36.7 Å². The molecule has 2 aromatic rings. The van der Waals surface area contributed by atoms with Crippen LogP contribution in [0.4, 0.5) is 5.82 Å². The number of anilines is 1. The van der Waals surface area contributed by atoms with Crippen molar-refractivity contribution in [3.8, 4) is 5.88 Å². The van der Waals surface area contributed by atoms with Gasteiger partial charge in [0.1, 0.15) is 6.10 Å². The largest absolute Gasteiger partial charge is 0.470 e. The molecule has 1 aromatic heterocycles. The van der Waals surface area contributed by atoms with Crippen LogP contribution in [0, 0.1) is 6.92 Å². The number of piperidine rings is 1. The Kier molecular flexibility index (Phi) is 5.96. The molecule has 1 aliphatic rings. The van der Waals surface area contributed by atoms with Gasteiger partial charge in [0.2, 0.25) is 10.0 Å². The summed E-state index contributed by atoms with van der Waals surface area (Å²) in [5, 5.41) is 0. The molecule has 3 rings (SSSR count). The molecule has 0 spiro atoms. The number of aryl methyl sites for hydroxylation is 1. The molecule has 8 heteroatoms. The number of aromatic nitrogens is 2. The molecule has 27 heavy (non-hydrogen) atoms. The monoisotopic (exact) mass is 390 g/mol. The van der Waals surface area contributed by atoms with E-state index in [1.807, 2.05) is 50.2 Å². The second-order valence-corrected chi connectivity index (χ2v) is 9.03. The Morgan fingerprint density at radius 3 is 2.78 bits per heavy atom. The lowest BCUT2D eigenvalue weighted by Gasteiger charge is -2.32. The topological polar surface area (TPSA) is 75.6 Å². The number of benzene rings is 1. The van der Waals surface area contributed by atoms with Crippen molar-refractivity contribution in [2.24, 2.45) is 0 Å². The SMILES string of the molecule is Cc1cccc(CS(=O)(=O)N2CCCC(Oc3nccnc3N(C)C)C2)c1. The van der Waals surface area contributed by atoms with E-state index >= 15 is 0 Å². The van der Waals surface area contributed by atoms with Crippen molar-refractivity contribution < 1.29 is 13.2 Å². The average Bonchev–Trinajstić information content (AvgIpc) is 2.62. The minimum atomic E-state index is -3.40. The predicted octanol–water partition coefficient (Wildman–Crippen LogP) is 2.22. The summed E-state index contributed by atoms with van der Waals surface area (Å²) >= 11 is 0. The van der Waals surface area contributed by atoms with Gasteiger partial charge in [0.25, 0.3) is 5.88 Å². The molecule has 0 N–H and O–H groups in total. The molecule has 146 valence electrons. The number of hydrogen-bond acceptors (Lipinski definition) is 6. The Bertz CT molecular complexity index is 886. The van der Waals surface area contributed by atoms with E-state index in [1.54, 1.807) is 12.4 Å². The highest BCUT2D eigenvalue weighted by molar-refractivity contribution is 7.88. The van der Waals surface area contributed by atoms with Crippen molar-refractivity contribution in [2.75, 3.05) is 32.1 Å². The maximum absolute atomic E-state index is 12.9. The highest BCUT2D eigenvalue weighted by Gasteiger charge is 2.30. The summed E-state index contributed by atoms with van der Waals surface area (Å²) in [7, 11) is 0.345. The van der Waals surface area contributed by atoms with E-state index in [1.165, 1.54) is 4.31 Å². The van der Waals surface area contributed by atoms with Gasteiger partial charge in [0.05, 0.1) is 12.3 Å². The third-order valence-corrected chi connectivity index (χ3v) is 6.33. The van der Waals surface area contributed by atoms with Crippen molar-refractivity contribution >= 4 is 15.8 Å². The maximum Gasteiger partial charge on any atom is 0.257 e. The highest BCUT2D eigenvalue weighted by Crippen LogP contribution is 2.25. The van der Waals surface area contributed by atoms with Crippen LogP contribution in [0.3, 0.4) is 0 Å². The standard InChI is InChI=1S/C19H26N4O3S/c1-15-6-4-7-16(12-15)14-27(24,25)23-11-5-8-17(13-23)26-19-18(22(2)3)20-9-10-21-19/h4,6-7,9-10,12,17H,5,8,11,13-14H2,1-3H3. The van der Waals surface area contributed by atoms with Crippen LogP contribution in [0.25, 0.3) is 0 Å².